The summed E-state index contributed by atoms with van der Waals surface area (Å²) in [7, 11) is 0. The van der Waals surface area contributed by atoms with Gasteiger partial charge in [0.15, 0.2) is 6.61 Å². The summed E-state index contributed by atoms with van der Waals surface area (Å²) in [6.45, 7) is 8.85. The lowest BCUT2D eigenvalue weighted by Gasteiger charge is -2.38. The highest BCUT2D eigenvalue weighted by atomic mass is 32.1. The second-order valence-electron chi connectivity index (χ2n) is 6.67. The Morgan fingerprint density at radius 2 is 1.80 bits per heavy atom. The van der Waals surface area contributed by atoms with Crippen LogP contribution in [0.25, 0.3) is 0 Å². The van der Waals surface area contributed by atoms with Gasteiger partial charge in [-0.25, -0.2) is 4.79 Å². The van der Waals surface area contributed by atoms with E-state index in [0.717, 1.165) is 29.7 Å². The largest absolute Gasteiger partial charge is 0.452 e. The topological polar surface area (TPSA) is 75.7 Å². The number of thiophene rings is 1. The number of hydrogen-bond donors (Lipinski definition) is 1. The molecule has 0 bridgehead atoms. The molecule has 0 spiro atoms. The second-order valence-corrected chi connectivity index (χ2v) is 7.90. The summed E-state index contributed by atoms with van der Waals surface area (Å²) in [6, 6.07) is 0.324. The van der Waals surface area contributed by atoms with E-state index >= 15 is 0 Å². The molecule has 1 aromatic heterocycles. The Morgan fingerprint density at radius 3 is 2.36 bits per heavy atom. The van der Waals surface area contributed by atoms with Crippen molar-refractivity contribution in [1.29, 1.82) is 0 Å². The molecule has 1 saturated heterocycles. The first-order valence-electron chi connectivity index (χ1n) is 8.58. The lowest BCUT2D eigenvalue weighted by atomic mass is 9.97. The SMILES string of the molecule is CC(=O)Nc1sc(C)c(C)c1C(=O)OCC(=O)N1[C@H](C)CCC[C@@H]1C. The van der Waals surface area contributed by atoms with Crippen LogP contribution in [0.5, 0.6) is 0 Å². The van der Waals surface area contributed by atoms with E-state index in [4.69, 9.17) is 4.74 Å². The number of carbonyl (C=O) groups is 3. The summed E-state index contributed by atoms with van der Waals surface area (Å²) in [5.41, 5.74) is 1.11. The van der Waals surface area contributed by atoms with Gasteiger partial charge < -0.3 is 15.0 Å². The van der Waals surface area contributed by atoms with Crippen LogP contribution in [-0.4, -0.2) is 41.4 Å². The Labute approximate surface area is 152 Å². The van der Waals surface area contributed by atoms with Gasteiger partial charge >= 0.3 is 5.97 Å². The van der Waals surface area contributed by atoms with Crippen molar-refractivity contribution in [3.63, 3.8) is 0 Å². The van der Waals surface area contributed by atoms with Gasteiger partial charge in [0, 0.05) is 23.9 Å². The number of piperidine rings is 1. The molecule has 1 fully saturated rings. The third kappa shape index (κ3) is 4.39. The summed E-state index contributed by atoms with van der Waals surface area (Å²) >= 11 is 1.33. The highest BCUT2D eigenvalue weighted by Crippen LogP contribution is 2.33. The van der Waals surface area contributed by atoms with E-state index in [9.17, 15) is 14.4 Å². The molecule has 1 aliphatic rings. The third-order valence-electron chi connectivity index (χ3n) is 4.69. The first kappa shape index (κ1) is 19.4. The van der Waals surface area contributed by atoms with Crippen LogP contribution in [0.15, 0.2) is 0 Å². The van der Waals surface area contributed by atoms with Crippen molar-refractivity contribution < 1.29 is 19.1 Å². The molecule has 1 aliphatic heterocycles. The fourth-order valence-electron chi connectivity index (χ4n) is 3.31. The summed E-state index contributed by atoms with van der Waals surface area (Å²) in [4.78, 5) is 39.1. The van der Waals surface area contributed by atoms with E-state index in [1.165, 1.54) is 18.3 Å². The predicted octanol–water partition coefficient (Wildman–Crippen LogP) is 3.27. The molecule has 6 nitrogen and oxygen atoms in total. The van der Waals surface area contributed by atoms with Crippen molar-refractivity contribution in [3.8, 4) is 0 Å². The number of esters is 1. The zero-order valence-electron chi connectivity index (χ0n) is 15.5. The molecule has 2 rings (SSSR count). The first-order chi connectivity index (χ1) is 11.7. The zero-order chi connectivity index (χ0) is 18.7. The van der Waals surface area contributed by atoms with Crippen LogP contribution in [0.4, 0.5) is 5.00 Å². The van der Waals surface area contributed by atoms with Crippen molar-refractivity contribution in [1.82, 2.24) is 4.90 Å². The van der Waals surface area contributed by atoms with Gasteiger partial charge in [-0.05, 0) is 52.5 Å². The van der Waals surface area contributed by atoms with Crippen molar-refractivity contribution >= 4 is 34.1 Å². The van der Waals surface area contributed by atoms with Crippen LogP contribution in [0.3, 0.4) is 0 Å². The number of aryl methyl sites for hydroxylation is 1. The number of ether oxygens (including phenoxy) is 1. The third-order valence-corrected chi connectivity index (χ3v) is 5.81. The molecule has 2 heterocycles. The minimum atomic E-state index is -0.573. The lowest BCUT2D eigenvalue weighted by molar-refractivity contribution is -0.140. The number of carbonyl (C=O) groups excluding carboxylic acids is 3. The van der Waals surface area contributed by atoms with Gasteiger partial charge in [-0.2, -0.15) is 0 Å². The molecule has 0 saturated carbocycles. The van der Waals surface area contributed by atoms with Crippen molar-refractivity contribution in [2.24, 2.45) is 0 Å². The number of nitrogens with zero attached hydrogens (tertiary/aromatic N) is 1. The summed E-state index contributed by atoms with van der Waals surface area (Å²) < 4.78 is 5.28. The molecular weight excluding hydrogens is 340 g/mol. The molecule has 7 heteroatoms. The monoisotopic (exact) mass is 366 g/mol. The van der Waals surface area contributed by atoms with E-state index in [1.807, 2.05) is 32.6 Å². The van der Waals surface area contributed by atoms with E-state index in [1.54, 1.807) is 0 Å². The van der Waals surface area contributed by atoms with Crippen LogP contribution >= 0.6 is 11.3 Å². The van der Waals surface area contributed by atoms with Gasteiger partial charge in [0.2, 0.25) is 5.91 Å². The smallest absolute Gasteiger partial charge is 0.341 e. The Kier molecular flexibility index (Phi) is 6.21. The number of anilines is 1. The second kappa shape index (κ2) is 7.99. The fourth-order valence-corrected chi connectivity index (χ4v) is 4.40. The van der Waals surface area contributed by atoms with Crippen molar-refractivity contribution in [2.75, 3.05) is 11.9 Å². The van der Waals surface area contributed by atoms with Crippen LogP contribution in [0.1, 0.15) is 60.8 Å². The van der Waals surface area contributed by atoms with E-state index < -0.39 is 5.97 Å². The molecule has 2 amide bonds. The van der Waals surface area contributed by atoms with Crippen LogP contribution in [0, 0.1) is 13.8 Å². The maximum absolute atomic E-state index is 12.5. The number of likely N-dealkylation sites (tertiary alicyclic amines) is 1. The summed E-state index contributed by atoms with van der Waals surface area (Å²) in [5.74, 6) is -0.989. The number of rotatable bonds is 4. The van der Waals surface area contributed by atoms with Crippen molar-refractivity contribution in [2.45, 2.75) is 66.0 Å². The fraction of sp³-hybridized carbons (Fsp3) is 0.611. The molecule has 138 valence electrons. The van der Waals surface area contributed by atoms with E-state index in [-0.39, 0.29) is 30.5 Å². The molecule has 0 aliphatic carbocycles. The standard InChI is InChI=1S/C18H26N2O4S/c1-10-7-6-8-11(2)20(10)15(22)9-24-18(23)16-12(3)13(4)25-17(16)19-14(5)21/h10-11H,6-9H2,1-5H3,(H,19,21)/t10-,11+. The van der Waals surface area contributed by atoms with Crippen LogP contribution in [-0.2, 0) is 14.3 Å². The quantitative estimate of drug-likeness (QED) is 0.830. The number of hydrogen-bond acceptors (Lipinski definition) is 5. The van der Waals surface area contributed by atoms with Gasteiger partial charge in [0.05, 0.1) is 5.56 Å². The normalized spacial score (nSPS) is 20.3. The maximum Gasteiger partial charge on any atom is 0.341 e. The minimum absolute atomic E-state index is 0.162. The minimum Gasteiger partial charge on any atom is -0.452 e. The molecule has 0 unspecified atom stereocenters. The Morgan fingerprint density at radius 1 is 1.20 bits per heavy atom. The average molecular weight is 366 g/mol. The van der Waals surface area contributed by atoms with Gasteiger partial charge in [0.1, 0.15) is 5.00 Å². The molecule has 1 N–H and O–H groups in total. The highest BCUT2D eigenvalue weighted by molar-refractivity contribution is 7.16. The Hall–Kier alpha value is -1.89. The van der Waals surface area contributed by atoms with Gasteiger partial charge in [-0.3, -0.25) is 9.59 Å². The molecule has 2 atom stereocenters. The highest BCUT2D eigenvalue weighted by Gasteiger charge is 2.30. The first-order valence-corrected chi connectivity index (χ1v) is 9.39. The zero-order valence-corrected chi connectivity index (χ0v) is 16.3. The van der Waals surface area contributed by atoms with Gasteiger partial charge in [0.25, 0.3) is 5.91 Å². The average Bonchev–Trinajstić information content (AvgIpc) is 2.78. The molecule has 0 radical (unpaired) electrons. The predicted molar refractivity (Wildman–Crippen MR) is 98.0 cm³/mol. The van der Waals surface area contributed by atoms with Crippen LogP contribution in [0.2, 0.25) is 0 Å². The molecule has 1 aromatic rings. The van der Waals surface area contributed by atoms with Crippen LogP contribution < -0.4 is 5.32 Å². The Balaban J connectivity index is 2.07. The molecular formula is C18H26N2O4S. The summed E-state index contributed by atoms with van der Waals surface area (Å²) in [6.07, 6.45) is 3.05. The Bertz CT molecular complexity index is 673. The van der Waals surface area contributed by atoms with Crippen molar-refractivity contribution in [3.05, 3.63) is 16.0 Å². The summed E-state index contributed by atoms with van der Waals surface area (Å²) in [5, 5.41) is 3.14. The number of nitrogens with one attached hydrogen (secondary N) is 1. The molecule has 0 aromatic carbocycles. The van der Waals surface area contributed by atoms with Gasteiger partial charge in [-0.15, -0.1) is 11.3 Å². The molecule has 25 heavy (non-hydrogen) atoms. The lowest BCUT2D eigenvalue weighted by Crippen LogP contribution is -2.49. The van der Waals surface area contributed by atoms with E-state index in [0.29, 0.717) is 10.6 Å². The van der Waals surface area contributed by atoms with Gasteiger partial charge in [-0.1, -0.05) is 0 Å². The maximum atomic E-state index is 12.5. The van der Waals surface area contributed by atoms with E-state index in [2.05, 4.69) is 5.32 Å². The number of amides is 2.